The number of carbonyl (C=O) groups is 2. The molecule has 3 heterocycles. The van der Waals surface area contributed by atoms with Crippen LogP contribution in [0.5, 0.6) is 0 Å². The zero-order valence-corrected chi connectivity index (χ0v) is 6.60. The lowest BCUT2D eigenvalue weighted by Gasteiger charge is -2.22. The summed E-state index contributed by atoms with van der Waals surface area (Å²) in [7, 11) is 0. The lowest BCUT2D eigenvalue weighted by atomic mass is 9.78. The molecule has 0 aromatic carbocycles. The zero-order valence-electron chi connectivity index (χ0n) is 6.60. The van der Waals surface area contributed by atoms with Gasteiger partial charge in [0.25, 0.3) is 0 Å². The van der Waals surface area contributed by atoms with Gasteiger partial charge < -0.3 is 15.2 Å². The van der Waals surface area contributed by atoms with E-state index in [4.69, 9.17) is 10.5 Å². The first kappa shape index (κ1) is 7.23. The molecule has 2 N–H and O–H groups in total. The van der Waals surface area contributed by atoms with E-state index in [0.29, 0.717) is 0 Å². The van der Waals surface area contributed by atoms with Crippen LogP contribution in [-0.2, 0) is 19.1 Å². The van der Waals surface area contributed by atoms with Crippen LogP contribution in [0, 0.1) is 5.92 Å². The second-order valence-corrected chi connectivity index (χ2v) is 3.53. The van der Waals surface area contributed by atoms with Crippen LogP contribution in [0.4, 0.5) is 0 Å². The normalized spacial score (nSPS) is 51.3. The summed E-state index contributed by atoms with van der Waals surface area (Å²) in [6.07, 6.45) is 2.58. The summed E-state index contributed by atoms with van der Waals surface area (Å²) in [5.41, 5.74) is 4.54. The number of fused-ring (bicyclic) bond motifs is 5. The molecule has 0 saturated carbocycles. The fourth-order valence-corrected chi connectivity index (χ4v) is 2.20. The van der Waals surface area contributed by atoms with Crippen molar-refractivity contribution in [1.29, 1.82) is 0 Å². The molecule has 68 valence electrons. The molecule has 0 aliphatic carbocycles. The number of hydrogen-bond donors (Lipinski definition) is 1. The number of ether oxygens (including phenoxy) is 2. The topological polar surface area (TPSA) is 78.6 Å². The van der Waals surface area contributed by atoms with Crippen molar-refractivity contribution in [1.82, 2.24) is 0 Å². The molecule has 4 atom stereocenters. The second-order valence-electron chi connectivity index (χ2n) is 3.53. The van der Waals surface area contributed by atoms with Crippen LogP contribution in [-0.4, -0.2) is 29.7 Å². The Morgan fingerprint density at radius 2 is 2.15 bits per heavy atom. The predicted molar refractivity (Wildman–Crippen MR) is 39.3 cm³/mol. The summed E-state index contributed by atoms with van der Waals surface area (Å²) in [6.45, 7) is 0. The molecule has 13 heavy (non-hydrogen) atoms. The average molecular weight is 181 g/mol. The number of cyclic esters (lactones) is 2. The summed E-state index contributed by atoms with van der Waals surface area (Å²) in [6, 6.07) is 0. The van der Waals surface area contributed by atoms with Crippen LogP contribution in [0.1, 0.15) is 0 Å². The molecular weight excluding hydrogens is 174 g/mol. The van der Waals surface area contributed by atoms with Gasteiger partial charge in [0, 0.05) is 0 Å². The van der Waals surface area contributed by atoms with Crippen molar-refractivity contribution in [3.8, 4) is 0 Å². The van der Waals surface area contributed by atoms with E-state index in [1.165, 1.54) is 0 Å². The monoisotopic (exact) mass is 181 g/mol. The van der Waals surface area contributed by atoms with Crippen molar-refractivity contribution in [2.45, 2.75) is 17.7 Å². The van der Waals surface area contributed by atoms with Gasteiger partial charge in [0.05, 0.1) is 6.10 Å². The van der Waals surface area contributed by atoms with E-state index >= 15 is 0 Å². The molecule has 3 aliphatic heterocycles. The Balaban J connectivity index is 2.17. The first-order chi connectivity index (χ1) is 6.14. The summed E-state index contributed by atoms with van der Waals surface area (Å²) in [5.74, 6) is -1.88. The first-order valence-corrected chi connectivity index (χ1v) is 4.03. The van der Waals surface area contributed by atoms with E-state index in [2.05, 4.69) is 4.74 Å². The lowest BCUT2D eigenvalue weighted by Crippen LogP contribution is -2.56. The van der Waals surface area contributed by atoms with Crippen molar-refractivity contribution in [2.75, 3.05) is 0 Å². The Morgan fingerprint density at radius 1 is 1.38 bits per heavy atom. The van der Waals surface area contributed by atoms with Gasteiger partial charge in [0.15, 0.2) is 5.54 Å². The Labute approximate surface area is 73.5 Å². The third-order valence-corrected chi connectivity index (χ3v) is 2.89. The summed E-state index contributed by atoms with van der Waals surface area (Å²) in [4.78, 5) is 22.5. The van der Waals surface area contributed by atoms with Crippen LogP contribution in [0.3, 0.4) is 0 Å². The highest BCUT2D eigenvalue weighted by atomic mass is 16.6. The van der Waals surface area contributed by atoms with Crippen LogP contribution >= 0.6 is 0 Å². The van der Waals surface area contributed by atoms with Crippen LogP contribution in [0.25, 0.3) is 0 Å². The molecule has 5 heteroatoms. The van der Waals surface area contributed by atoms with Crippen molar-refractivity contribution in [3.63, 3.8) is 0 Å². The molecule has 3 aliphatic rings. The summed E-state index contributed by atoms with van der Waals surface area (Å²) in [5, 5.41) is 0. The highest BCUT2D eigenvalue weighted by molar-refractivity contribution is 6.04. The van der Waals surface area contributed by atoms with Gasteiger partial charge in [-0.2, -0.15) is 0 Å². The van der Waals surface area contributed by atoms with Gasteiger partial charge in [-0.3, -0.25) is 4.79 Å². The molecule has 2 saturated heterocycles. The standard InChI is InChI=1S/C8H7NO4/c9-8-4-2-1-3(12-4)5(8)6(10)13-7(8)11/h1-5H,9H2. The van der Waals surface area contributed by atoms with Gasteiger partial charge in [-0.05, 0) is 0 Å². The number of carbonyl (C=O) groups excluding carboxylic acids is 2. The van der Waals surface area contributed by atoms with E-state index in [-0.39, 0.29) is 6.10 Å². The zero-order chi connectivity index (χ0) is 9.22. The maximum absolute atomic E-state index is 11.3. The van der Waals surface area contributed by atoms with Gasteiger partial charge in [-0.15, -0.1) is 0 Å². The van der Waals surface area contributed by atoms with Crippen molar-refractivity contribution < 1.29 is 19.1 Å². The third kappa shape index (κ3) is 0.585. The molecule has 0 amide bonds. The van der Waals surface area contributed by atoms with Crippen molar-refractivity contribution in [2.24, 2.45) is 11.7 Å². The molecule has 5 nitrogen and oxygen atoms in total. The quantitative estimate of drug-likeness (QED) is 0.286. The second kappa shape index (κ2) is 1.83. The Kier molecular flexibility index (Phi) is 1.02. The highest BCUT2D eigenvalue weighted by Gasteiger charge is 2.68. The first-order valence-electron chi connectivity index (χ1n) is 4.03. The number of esters is 2. The largest absolute Gasteiger partial charge is 0.391 e. The van der Waals surface area contributed by atoms with E-state index in [0.717, 1.165) is 0 Å². The Morgan fingerprint density at radius 3 is 2.85 bits per heavy atom. The number of hydrogen-bond acceptors (Lipinski definition) is 5. The minimum absolute atomic E-state index is 0.381. The van der Waals surface area contributed by atoms with Crippen LogP contribution in [0.2, 0.25) is 0 Å². The molecule has 3 rings (SSSR count). The molecule has 0 aromatic rings. The van der Waals surface area contributed by atoms with Crippen molar-refractivity contribution >= 4 is 11.9 Å². The maximum Gasteiger partial charge on any atom is 0.337 e. The molecule has 0 aromatic heterocycles. The molecular formula is C8H7NO4. The predicted octanol–water partition coefficient (Wildman–Crippen LogP) is -1.28. The smallest absolute Gasteiger partial charge is 0.337 e. The summed E-state index contributed by atoms with van der Waals surface area (Å²) < 4.78 is 9.81. The SMILES string of the molecule is NC12C(=O)OC(=O)C1C1C=CC2O1. The fourth-order valence-electron chi connectivity index (χ4n) is 2.20. The van der Waals surface area contributed by atoms with Gasteiger partial charge in [-0.25, -0.2) is 4.79 Å². The van der Waals surface area contributed by atoms with Crippen LogP contribution < -0.4 is 5.73 Å². The van der Waals surface area contributed by atoms with Crippen LogP contribution in [0.15, 0.2) is 12.2 Å². The molecule has 2 fully saturated rings. The van der Waals surface area contributed by atoms with Gasteiger partial charge in [0.2, 0.25) is 0 Å². The van der Waals surface area contributed by atoms with E-state index in [9.17, 15) is 9.59 Å². The van der Waals surface area contributed by atoms with Gasteiger partial charge in [0.1, 0.15) is 12.0 Å². The molecule has 4 unspecified atom stereocenters. The Bertz CT molecular complexity index is 350. The van der Waals surface area contributed by atoms with E-state index in [1.54, 1.807) is 12.2 Å². The fraction of sp³-hybridized carbons (Fsp3) is 0.500. The minimum atomic E-state index is -1.27. The van der Waals surface area contributed by atoms with Gasteiger partial charge in [-0.1, -0.05) is 12.2 Å². The van der Waals surface area contributed by atoms with E-state index < -0.39 is 29.5 Å². The number of nitrogens with two attached hydrogens (primary N) is 1. The highest BCUT2D eigenvalue weighted by Crippen LogP contribution is 2.45. The third-order valence-electron chi connectivity index (χ3n) is 2.89. The van der Waals surface area contributed by atoms with Crippen molar-refractivity contribution in [3.05, 3.63) is 12.2 Å². The number of rotatable bonds is 0. The molecule has 2 bridgehead atoms. The minimum Gasteiger partial charge on any atom is -0.391 e. The molecule has 0 radical (unpaired) electrons. The summed E-state index contributed by atoms with van der Waals surface area (Å²) >= 11 is 0. The molecule has 0 spiro atoms. The van der Waals surface area contributed by atoms with Gasteiger partial charge >= 0.3 is 11.9 Å². The lowest BCUT2D eigenvalue weighted by molar-refractivity contribution is -0.156. The average Bonchev–Trinajstić information content (AvgIpc) is 2.66. The Hall–Kier alpha value is -1.20. The van der Waals surface area contributed by atoms with E-state index in [1.807, 2.05) is 0 Å². The maximum atomic E-state index is 11.3.